The lowest BCUT2D eigenvalue weighted by atomic mass is 10.0. The highest BCUT2D eigenvalue weighted by molar-refractivity contribution is 9.09. The highest BCUT2D eigenvalue weighted by Crippen LogP contribution is 2.22. The molecule has 360 valence electrons. The van der Waals surface area contributed by atoms with Crippen LogP contribution in [0.15, 0.2) is 109 Å². The van der Waals surface area contributed by atoms with E-state index in [1.807, 2.05) is 120 Å². The van der Waals surface area contributed by atoms with E-state index < -0.39 is 60.5 Å². The first kappa shape index (κ1) is 53.6. The molecule has 4 aromatic rings. The maximum atomic E-state index is 14.3. The second-order valence-corrected chi connectivity index (χ2v) is 19.4. The Bertz CT molecular complexity index is 2190. The fourth-order valence-electron chi connectivity index (χ4n) is 7.04. The molecule has 0 heterocycles. The molecule has 15 heteroatoms. The molecule has 0 aliphatic carbocycles. The monoisotopic (exact) mass is 982 g/mol. The van der Waals surface area contributed by atoms with Crippen LogP contribution in [-0.2, 0) is 59.4 Å². The zero-order valence-electron chi connectivity index (χ0n) is 39.9. The Labute approximate surface area is 403 Å². The number of halogens is 1. The molecule has 0 saturated heterocycles. The van der Waals surface area contributed by atoms with Gasteiger partial charge < -0.3 is 36.1 Å². The van der Waals surface area contributed by atoms with Crippen LogP contribution in [0.5, 0.6) is 5.75 Å². The standard InChI is InChI=1S/C52H67BrN6O8/c1-35(2)27-43(50(65)67-52(6,7)8)58-48(63)42(28-36-19-23-40(24-20-36)56-45(60)30-53)57-47(62)32-54-46(61)31-55-49(64)44(29-37-21-25-41(26-22-37)66-51(3,4)5)59(33-38-15-11-9-12-16-38)34-39-17-13-10-14-18-39/h9-26,35,42-44H,27-34H2,1-8H3,(H,54,61)(H,55,64)(H,56,60)(H,57,62)(H,58,63)/t42-,43-,44-/m0/s1. The number of carbonyl (C=O) groups excluding carboxylic acids is 6. The Morgan fingerprint density at radius 2 is 1.12 bits per heavy atom. The first-order valence-electron chi connectivity index (χ1n) is 22.6. The maximum absolute atomic E-state index is 14.3. The van der Waals surface area contributed by atoms with E-state index in [2.05, 4.69) is 47.4 Å². The highest BCUT2D eigenvalue weighted by atomic mass is 79.9. The highest BCUT2D eigenvalue weighted by Gasteiger charge is 2.32. The van der Waals surface area contributed by atoms with Crippen molar-refractivity contribution in [2.45, 2.75) is 117 Å². The molecule has 0 unspecified atom stereocenters. The number of nitrogens with one attached hydrogen (secondary N) is 5. The quantitative estimate of drug-likeness (QED) is 0.0402. The molecule has 0 spiro atoms. The van der Waals surface area contributed by atoms with Gasteiger partial charge in [-0.2, -0.15) is 0 Å². The molecule has 3 atom stereocenters. The minimum atomic E-state index is -1.17. The largest absolute Gasteiger partial charge is 0.488 e. The third kappa shape index (κ3) is 20.1. The van der Waals surface area contributed by atoms with Gasteiger partial charge >= 0.3 is 5.97 Å². The van der Waals surface area contributed by atoms with Crippen molar-refractivity contribution in [1.82, 2.24) is 26.2 Å². The summed E-state index contributed by atoms with van der Waals surface area (Å²) in [5.41, 5.74) is 2.93. The van der Waals surface area contributed by atoms with Crippen LogP contribution < -0.4 is 31.3 Å². The maximum Gasteiger partial charge on any atom is 0.329 e. The lowest BCUT2D eigenvalue weighted by molar-refractivity contribution is -0.159. The van der Waals surface area contributed by atoms with Crippen LogP contribution in [0.4, 0.5) is 5.69 Å². The third-order valence-corrected chi connectivity index (χ3v) is 10.5. The summed E-state index contributed by atoms with van der Waals surface area (Å²) in [6.07, 6.45) is 0.642. The van der Waals surface area contributed by atoms with Crippen LogP contribution in [0, 0.1) is 5.92 Å². The van der Waals surface area contributed by atoms with Gasteiger partial charge in [-0.15, -0.1) is 0 Å². The van der Waals surface area contributed by atoms with Crippen LogP contribution in [0.3, 0.4) is 0 Å². The molecule has 5 amide bonds. The van der Waals surface area contributed by atoms with Gasteiger partial charge in [0.1, 0.15) is 29.0 Å². The summed E-state index contributed by atoms with van der Waals surface area (Å²) in [5.74, 6) is -2.41. The fraction of sp³-hybridized carbons (Fsp3) is 0.423. The average Bonchev–Trinajstić information content (AvgIpc) is 3.26. The molecule has 14 nitrogen and oxygen atoms in total. The van der Waals surface area contributed by atoms with Crippen LogP contribution >= 0.6 is 15.9 Å². The summed E-state index contributed by atoms with van der Waals surface area (Å²) in [6.45, 7) is 15.0. The summed E-state index contributed by atoms with van der Waals surface area (Å²) in [5, 5.41) is 13.7. The lowest BCUT2D eigenvalue weighted by Crippen LogP contribution is -2.55. The van der Waals surface area contributed by atoms with E-state index in [1.54, 1.807) is 45.0 Å². The first-order valence-corrected chi connectivity index (χ1v) is 23.7. The number of anilines is 1. The number of nitrogens with zero attached hydrogens (tertiary/aromatic N) is 1. The molecule has 0 fully saturated rings. The normalized spacial score (nSPS) is 12.9. The minimum absolute atomic E-state index is 0.0210. The predicted molar refractivity (Wildman–Crippen MR) is 264 cm³/mol. The molecular weight excluding hydrogens is 917 g/mol. The third-order valence-electron chi connectivity index (χ3n) is 10.0. The topological polar surface area (TPSA) is 184 Å². The van der Waals surface area contributed by atoms with E-state index in [9.17, 15) is 28.8 Å². The van der Waals surface area contributed by atoms with Crippen molar-refractivity contribution in [3.8, 4) is 5.75 Å². The van der Waals surface area contributed by atoms with Crippen LogP contribution in [0.25, 0.3) is 0 Å². The van der Waals surface area contributed by atoms with Gasteiger partial charge in [0, 0.05) is 25.2 Å². The number of hydrogen-bond donors (Lipinski definition) is 5. The van der Waals surface area contributed by atoms with Crippen molar-refractivity contribution in [3.63, 3.8) is 0 Å². The van der Waals surface area contributed by atoms with E-state index in [0.717, 1.165) is 16.7 Å². The summed E-state index contributed by atoms with van der Waals surface area (Å²) < 4.78 is 11.6. The minimum Gasteiger partial charge on any atom is -0.488 e. The molecule has 0 aliphatic rings. The number of hydrogen-bond acceptors (Lipinski definition) is 9. The Hall–Kier alpha value is -6.06. The first-order chi connectivity index (χ1) is 31.7. The van der Waals surface area contributed by atoms with Crippen LogP contribution in [0.2, 0.25) is 0 Å². The van der Waals surface area contributed by atoms with Gasteiger partial charge in [0.2, 0.25) is 29.5 Å². The van der Waals surface area contributed by atoms with Gasteiger partial charge in [0.15, 0.2) is 0 Å². The van der Waals surface area contributed by atoms with Gasteiger partial charge in [0.25, 0.3) is 0 Å². The Kier molecular flexibility index (Phi) is 20.6. The zero-order valence-corrected chi connectivity index (χ0v) is 41.5. The number of alkyl halides is 1. The Morgan fingerprint density at radius 3 is 1.64 bits per heavy atom. The summed E-state index contributed by atoms with van der Waals surface area (Å²) in [6, 6.07) is 31.3. The number of rotatable bonds is 23. The van der Waals surface area contributed by atoms with Crippen molar-refractivity contribution in [2.24, 2.45) is 5.92 Å². The fourth-order valence-corrected chi connectivity index (χ4v) is 7.18. The van der Waals surface area contributed by atoms with Crippen molar-refractivity contribution in [3.05, 3.63) is 131 Å². The molecule has 5 N–H and O–H groups in total. The Morgan fingerprint density at radius 1 is 0.582 bits per heavy atom. The molecular formula is C52H67BrN6O8. The van der Waals surface area contributed by atoms with E-state index >= 15 is 0 Å². The number of carbonyl (C=O) groups is 6. The Balaban J connectivity index is 1.49. The number of amides is 5. The summed E-state index contributed by atoms with van der Waals surface area (Å²) >= 11 is 3.13. The van der Waals surface area contributed by atoms with Gasteiger partial charge in [-0.05, 0) is 107 Å². The van der Waals surface area contributed by atoms with E-state index in [1.165, 1.54) is 0 Å². The second-order valence-electron chi connectivity index (χ2n) is 18.9. The van der Waals surface area contributed by atoms with Gasteiger partial charge in [0.05, 0.1) is 24.5 Å². The molecule has 0 radical (unpaired) electrons. The molecule has 0 aliphatic heterocycles. The van der Waals surface area contributed by atoms with Crippen LogP contribution in [0.1, 0.15) is 84.1 Å². The average molecular weight is 984 g/mol. The van der Waals surface area contributed by atoms with Gasteiger partial charge in [-0.3, -0.25) is 28.9 Å². The molecule has 0 bridgehead atoms. The van der Waals surface area contributed by atoms with Crippen molar-refractivity contribution in [1.29, 1.82) is 0 Å². The van der Waals surface area contributed by atoms with E-state index in [-0.39, 0.29) is 35.1 Å². The molecule has 67 heavy (non-hydrogen) atoms. The smallest absolute Gasteiger partial charge is 0.329 e. The number of benzene rings is 4. The van der Waals surface area contributed by atoms with Gasteiger partial charge in [-0.1, -0.05) is 115 Å². The van der Waals surface area contributed by atoms with Crippen LogP contribution in [-0.4, -0.2) is 88.2 Å². The second kappa shape index (κ2) is 25.7. The number of ether oxygens (including phenoxy) is 2. The van der Waals surface area contributed by atoms with Gasteiger partial charge in [-0.25, -0.2) is 4.79 Å². The van der Waals surface area contributed by atoms with Crippen molar-refractivity contribution >= 4 is 57.1 Å². The molecule has 0 saturated carbocycles. The molecule has 4 rings (SSSR count). The predicted octanol–water partition coefficient (Wildman–Crippen LogP) is 6.64. The summed E-state index contributed by atoms with van der Waals surface area (Å²) in [4.78, 5) is 82.2. The SMILES string of the molecule is CC(C)C[C@H](NC(=O)[C@H](Cc1ccc(NC(=O)CBr)cc1)NC(=O)CNC(=O)CNC(=O)[C@H](Cc1ccc(OC(C)(C)C)cc1)N(Cc1ccccc1)Cc1ccccc1)C(=O)OC(C)(C)C. The van der Waals surface area contributed by atoms with Crippen molar-refractivity contribution < 1.29 is 38.2 Å². The molecule has 4 aromatic carbocycles. The van der Waals surface area contributed by atoms with Crippen molar-refractivity contribution in [2.75, 3.05) is 23.7 Å². The van der Waals surface area contributed by atoms with E-state index in [4.69, 9.17) is 9.47 Å². The zero-order chi connectivity index (χ0) is 49.1. The van der Waals surface area contributed by atoms with E-state index in [0.29, 0.717) is 42.9 Å². The molecule has 0 aromatic heterocycles. The summed E-state index contributed by atoms with van der Waals surface area (Å²) in [7, 11) is 0. The number of esters is 1. The lowest BCUT2D eigenvalue weighted by Gasteiger charge is -2.31.